The molecule has 11 heteroatoms. The zero-order valence-corrected chi connectivity index (χ0v) is 17.3. The number of primary amides is 1. The van der Waals surface area contributed by atoms with Gasteiger partial charge in [-0.2, -0.15) is 18.2 Å². The SMILES string of the molecule is Cc1cc(OC(C(N)=O)C(O)CO)nc(-c2ccc(Oc3ccc(C(F)(F)F)cc3)cc2)n1. The number of hydrogen-bond donors (Lipinski definition) is 3. The number of hydrogen-bond acceptors (Lipinski definition) is 7. The van der Waals surface area contributed by atoms with Gasteiger partial charge in [0.05, 0.1) is 12.2 Å². The number of halogens is 3. The fourth-order valence-electron chi connectivity index (χ4n) is 2.80. The molecule has 0 spiro atoms. The number of benzene rings is 2. The number of ether oxygens (including phenoxy) is 2. The number of carbonyl (C=O) groups is 1. The van der Waals surface area contributed by atoms with Crippen LogP contribution in [0.1, 0.15) is 11.3 Å². The molecular formula is C22H20F3N3O5. The van der Waals surface area contributed by atoms with E-state index < -0.39 is 36.5 Å². The summed E-state index contributed by atoms with van der Waals surface area (Å²) in [4.78, 5) is 20.0. The van der Waals surface area contributed by atoms with E-state index >= 15 is 0 Å². The van der Waals surface area contributed by atoms with E-state index in [0.717, 1.165) is 12.1 Å². The molecule has 1 amide bonds. The molecule has 1 heterocycles. The van der Waals surface area contributed by atoms with Gasteiger partial charge >= 0.3 is 6.18 Å². The summed E-state index contributed by atoms with van der Waals surface area (Å²) in [5.74, 6) is -0.147. The maximum absolute atomic E-state index is 12.7. The van der Waals surface area contributed by atoms with Crippen LogP contribution in [0.5, 0.6) is 17.4 Å². The number of nitrogens with zero attached hydrogens (tertiary/aromatic N) is 2. The van der Waals surface area contributed by atoms with E-state index in [1.807, 2.05) is 0 Å². The summed E-state index contributed by atoms with van der Waals surface area (Å²) < 4.78 is 48.9. The molecule has 4 N–H and O–H groups in total. The summed E-state index contributed by atoms with van der Waals surface area (Å²) in [5, 5.41) is 18.8. The van der Waals surface area contributed by atoms with Gasteiger partial charge in [0.2, 0.25) is 12.0 Å². The van der Waals surface area contributed by atoms with Crippen LogP contribution >= 0.6 is 0 Å². The lowest BCUT2D eigenvalue weighted by atomic mass is 10.2. The van der Waals surface area contributed by atoms with Crippen LogP contribution in [-0.2, 0) is 11.0 Å². The molecule has 8 nitrogen and oxygen atoms in total. The highest BCUT2D eigenvalue weighted by atomic mass is 19.4. The van der Waals surface area contributed by atoms with Crippen LogP contribution in [0.4, 0.5) is 13.2 Å². The summed E-state index contributed by atoms with van der Waals surface area (Å²) in [6, 6.07) is 12.2. The molecule has 1 aromatic heterocycles. The predicted octanol–water partition coefficient (Wildman–Crippen LogP) is 2.85. The molecule has 0 aliphatic heterocycles. The molecule has 0 fully saturated rings. The summed E-state index contributed by atoms with van der Waals surface area (Å²) in [6.07, 6.45) is -7.45. The summed E-state index contributed by atoms with van der Waals surface area (Å²) in [6.45, 7) is 0.937. The second-order valence-electron chi connectivity index (χ2n) is 7.01. The number of aliphatic hydroxyl groups excluding tert-OH is 2. The molecule has 3 rings (SSSR count). The van der Waals surface area contributed by atoms with E-state index in [4.69, 9.17) is 20.3 Å². The molecule has 33 heavy (non-hydrogen) atoms. The van der Waals surface area contributed by atoms with Crippen molar-refractivity contribution in [2.24, 2.45) is 5.73 Å². The van der Waals surface area contributed by atoms with Crippen LogP contribution in [0.25, 0.3) is 11.4 Å². The topological polar surface area (TPSA) is 128 Å². The van der Waals surface area contributed by atoms with Crippen LogP contribution < -0.4 is 15.2 Å². The van der Waals surface area contributed by atoms with Gasteiger partial charge in [0.25, 0.3) is 5.91 Å². The summed E-state index contributed by atoms with van der Waals surface area (Å²) in [5.41, 5.74) is 5.50. The lowest BCUT2D eigenvalue weighted by Gasteiger charge is -2.19. The number of nitrogens with two attached hydrogens (primary N) is 1. The second-order valence-corrected chi connectivity index (χ2v) is 7.01. The highest BCUT2D eigenvalue weighted by molar-refractivity contribution is 5.79. The van der Waals surface area contributed by atoms with Gasteiger partial charge in [-0.05, 0) is 55.5 Å². The Labute approximate surface area is 186 Å². The fourth-order valence-corrected chi connectivity index (χ4v) is 2.80. The van der Waals surface area contributed by atoms with Crippen molar-refractivity contribution in [2.45, 2.75) is 25.3 Å². The van der Waals surface area contributed by atoms with Crippen LogP contribution in [0.2, 0.25) is 0 Å². The van der Waals surface area contributed by atoms with E-state index in [-0.39, 0.29) is 17.5 Å². The van der Waals surface area contributed by atoms with E-state index in [1.54, 1.807) is 31.2 Å². The largest absolute Gasteiger partial charge is 0.461 e. The van der Waals surface area contributed by atoms with E-state index in [9.17, 15) is 23.1 Å². The lowest BCUT2D eigenvalue weighted by molar-refractivity contribution is -0.137. The van der Waals surface area contributed by atoms with Crippen molar-refractivity contribution in [3.05, 3.63) is 65.9 Å². The van der Waals surface area contributed by atoms with Crippen LogP contribution in [0.3, 0.4) is 0 Å². The van der Waals surface area contributed by atoms with Crippen molar-refractivity contribution >= 4 is 5.91 Å². The zero-order valence-electron chi connectivity index (χ0n) is 17.3. The minimum atomic E-state index is -4.43. The Balaban J connectivity index is 1.77. The molecule has 2 aromatic carbocycles. The predicted molar refractivity (Wildman–Crippen MR) is 110 cm³/mol. The molecule has 0 saturated heterocycles. The first-order valence-electron chi connectivity index (χ1n) is 9.63. The number of aryl methyl sites for hydroxylation is 1. The number of aliphatic hydroxyl groups is 2. The van der Waals surface area contributed by atoms with Gasteiger partial charge < -0.3 is 25.4 Å². The zero-order chi connectivity index (χ0) is 24.2. The molecule has 0 saturated carbocycles. The Morgan fingerprint density at radius 1 is 1.06 bits per heavy atom. The van der Waals surface area contributed by atoms with Crippen molar-refractivity contribution in [3.63, 3.8) is 0 Å². The van der Waals surface area contributed by atoms with Gasteiger partial charge in [-0.1, -0.05) is 0 Å². The molecule has 0 aliphatic carbocycles. The Morgan fingerprint density at radius 2 is 1.64 bits per heavy atom. The minimum Gasteiger partial charge on any atom is -0.461 e. The third-order valence-corrected chi connectivity index (χ3v) is 4.43. The molecule has 0 aliphatic rings. The standard InChI is InChI=1S/C22H20F3N3O5/c1-12-10-18(33-19(20(26)31)17(30)11-29)28-21(27-12)13-2-6-15(7-3-13)32-16-8-4-14(5-9-16)22(23,24)25/h2-10,17,19,29-30H,11H2,1H3,(H2,26,31). The number of rotatable bonds is 8. The third-order valence-electron chi connectivity index (χ3n) is 4.43. The molecule has 2 unspecified atom stereocenters. The van der Waals surface area contributed by atoms with Gasteiger partial charge in [-0.25, -0.2) is 4.98 Å². The number of amides is 1. The first kappa shape index (κ1) is 24.0. The molecule has 3 aromatic rings. The first-order valence-corrected chi connectivity index (χ1v) is 9.63. The molecular weight excluding hydrogens is 443 g/mol. The monoisotopic (exact) mass is 463 g/mol. The van der Waals surface area contributed by atoms with Crippen molar-refractivity contribution in [3.8, 4) is 28.8 Å². The molecule has 2 atom stereocenters. The smallest absolute Gasteiger partial charge is 0.416 e. The van der Waals surface area contributed by atoms with E-state index in [2.05, 4.69) is 9.97 Å². The average molecular weight is 463 g/mol. The van der Waals surface area contributed by atoms with Crippen LogP contribution in [0, 0.1) is 6.92 Å². The van der Waals surface area contributed by atoms with Crippen molar-refractivity contribution in [1.82, 2.24) is 9.97 Å². The van der Waals surface area contributed by atoms with Gasteiger partial charge in [0.1, 0.15) is 17.6 Å². The maximum atomic E-state index is 12.7. The number of carbonyl (C=O) groups excluding carboxylic acids is 1. The van der Waals surface area contributed by atoms with Gasteiger partial charge in [-0.3, -0.25) is 4.79 Å². The molecule has 0 radical (unpaired) electrons. The van der Waals surface area contributed by atoms with E-state index in [0.29, 0.717) is 17.0 Å². The highest BCUT2D eigenvalue weighted by Gasteiger charge is 2.30. The second kappa shape index (κ2) is 9.84. The van der Waals surface area contributed by atoms with Crippen molar-refractivity contribution < 1.29 is 37.7 Å². The van der Waals surface area contributed by atoms with E-state index in [1.165, 1.54) is 18.2 Å². The summed E-state index contributed by atoms with van der Waals surface area (Å²) in [7, 11) is 0. The van der Waals surface area contributed by atoms with Crippen molar-refractivity contribution in [2.75, 3.05) is 6.61 Å². The third kappa shape index (κ3) is 6.18. The van der Waals surface area contributed by atoms with Gasteiger partial charge in [-0.15, -0.1) is 0 Å². The molecule has 0 bridgehead atoms. The summed E-state index contributed by atoms with van der Waals surface area (Å²) >= 11 is 0. The van der Waals surface area contributed by atoms with Crippen molar-refractivity contribution in [1.29, 1.82) is 0 Å². The van der Waals surface area contributed by atoms with Crippen LogP contribution in [0.15, 0.2) is 54.6 Å². The average Bonchev–Trinajstić information content (AvgIpc) is 2.76. The maximum Gasteiger partial charge on any atom is 0.416 e. The Morgan fingerprint density at radius 3 is 2.15 bits per heavy atom. The van der Waals surface area contributed by atoms with Crippen LogP contribution in [-0.4, -0.2) is 44.9 Å². The first-order chi connectivity index (χ1) is 15.6. The Hall–Kier alpha value is -3.70. The number of aromatic nitrogens is 2. The highest BCUT2D eigenvalue weighted by Crippen LogP contribution is 2.32. The lowest BCUT2D eigenvalue weighted by Crippen LogP contribution is -2.45. The number of alkyl halides is 3. The molecule has 174 valence electrons. The fraction of sp³-hybridized carbons (Fsp3) is 0.227. The minimum absolute atomic E-state index is 0.0288. The Bertz CT molecular complexity index is 1110. The Kier molecular flexibility index (Phi) is 7.14. The van der Waals surface area contributed by atoms with Gasteiger partial charge in [0.15, 0.2) is 5.82 Å². The quantitative estimate of drug-likeness (QED) is 0.469. The van der Waals surface area contributed by atoms with Gasteiger partial charge in [0, 0.05) is 17.3 Å². The normalized spacial score (nSPS) is 13.3.